The van der Waals surface area contributed by atoms with Gasteiger partial charge in [-0.1, -0.05) is 30.3 Å². The Labute approximate surface area is 114 Å². The SMILES string of the molecule is CCOC(=O)C(=[N+]=[N-])c1csc(-c2ccccc2)n1. The summed E-state index contributed by atoms with van der Waals surface area (Å²) in [4.78, 5) is 18.8. The summed E-state index contributed by atoms with van der Waals surface area (Å²) in [5.41, 5.74) is 9.98. The van der Waals surface area contributed by atoms with E-state index >= 15 is 0 Å². The second-order valence-corrected chi connectivity index (χ2v) is 4.43. The van der Waals surface area contributed by atoms with Crippen molar-refractivity contribution in [1.82, 2.24) is 4.98 Å². The molecule has 0 saturated heterocycles. The smallest absolute Gasteiger partial charge is 0.425 e. The quantitative estimate of drug-likeness (QED) is 0.371. The number of ether oxygens (including phenoxy) is 1. The van der Waals surface area contributed by atoms with E-state index in [1.54, 1.807) is 12.3 Å². The summed E-state index contributed by atoms with van der Waals surface area (Å²) in [5.74, 6) is -0.685. The van der Waals surface area contributed by atoms with E-state index < -0.39 is 5.97 Å². The Morgan fingerprint density at radius 2 is 2.16 bits per heavy atom. The minimum atomic E-state index is -0.685. The molecule has 0 aliphatic carbocycles. The molecular weight excluding hydrogens is 262 g/mol. The summed E-state index contributed by atoms with van der Waals surface area (Å²) >= 11 is 1.37. The van der Waals surface area contributed by atoms with Gasteiger partial charge in [0.2, 0.25) is 0 Å². The molecule has 0 amide bonds. The molecule has 0 unspecified atom stereocenters. The highest BCUT2D eigenvalue weighted by Crippen LogP contribution is 2.23. The van der Waals surface area contributed by atoms with Gasteiger partial charge in [-0.3, -0.25) is 0 Å². The van der Waals surface area contributed by atoms with E-state index in [1.165, 1.54) is 11.3 Å². The van der Waals surface area contributed by atoms with Gasteiger partial charge in [0, 0.05) is 10.9 Å². The Hall–Kier alpha value is -2.30. The molecule has 1 aromatic carbocycles. The van der Waals surface area contributed by atoms with Crippen LogP contribution in [0.25, 0.3) is 16.1 Å². The summed E-state index contributed by atoms with van der Waals surface area (Å²) in [5, 5.41) is 2.41. The van der Waals surface area contributed by atoms with Gasteiger partial charge in [-0.2, -0.15) is 4.79 Å². The van der Waals surface area contributed by atoms with Crippen LogP contribution in [0.15, 0.2) is 35.7 Å². The zero-order valence-electron chi connectivity index (χ0n) is 10.2. The molecule has 0 spiro atoms. The minimum Gasteiger partial charge on any atom is -0.457 e. The van der Waals surface area contributed by atoms with Crippen molar-refractivity contribution in [2.75, 3.05) is 6.61 Å². The first-order valence-corrected chi connectivity index (χ1v) is 6.54. The average molecular weight is 273 g/mol. The van der Waals surface area contributed by atoms with Crippen LogP contribution in [-0.2, 0) is 9.53 Å². The first kappa shape index (κ1) is 13.1. The lowest BCUT2D eigenvalue weighted by molar-refractivity contribution is -0.139. The van der Waals surface area contributed by atoms with Crippen molar-refractivity contribution >= 4 is 23.0 Å². The third kappa shape index (κ3) is 2.93. The van der Waals surface area contributed by atoms with Crippen molar-refractivity contribution < 1.29 is 14.3 Å². The van der Waals surface area contributed by atoms with Gasteiger partial charge in [-0.15, -0.1) is 11.3 Å². The van der Waals surface area contributed by atoms with Crippen molar-refractivity contribution in [3.8, 4) is 10.6 Å². The van der Waals surface area contributed by atoms with Crippen LogP contribution in [0.1, 0.15) is 12.6 Å². The van der Waals surface area contributed by atoms with Gasteiger partial charge < -0.3 is 10.3 Å². The predicted molar refractivity (Wildman–Crippen MR) is 71.9 cm³/mol. The molecule has 19 heavy (non-hydrogen) atoms. The lowest BCUT2D eigenvalue weighted by Gasteiger charge is -1.95. The maximum atomic E-state index is 11.6. The lowest BCUT2D eigenvalue weighted by atomic mass is 10.2. The highest BCUT2D eigenvalue weighted by atomic mass is 32.1. The molecule has 1 aromatic heterocycles. The monoisotopic (exact) mass is 273 g/mol. The van der Waals surface area contributed by atoms with Gasteiger partial charge >= 0.3 is 11.7 Å². The van der Waals surface area contributed by atoms with E-state index in [0.717, 1.165) is 10.6 Å². The van der Waals surface area contributed by atoms with Crippen molar-refractivity contribution in [2.24, 2.45) is 0 Å². The van der Waals surface area contributed by atoms with E-state index in [9.17, 15) is 4.79 Å². The molecular formula is C13H11N3O2S. The van der Waals surface area contributed by atoms with Crippen LogP contribution in [0.5, 0.6) is 0 Å². The second-order valence-electron chi connectivity index (χ2n) is 3.57. The topological polar surface area (TPSA) is 75.6 Å². The molecule has 2 aromatic rings. The van der Waals surface area contributed by atoms with Gasteiger partial charge in [0.1, 0.15) is 5.01 Å². The molecule has 0 fully saturated rings. The number of esters is 1. The minimum absolute atomic E-state index is 0.180. The van der Waals surface area contributed by atoms with E-state index in [4.69, 9.17) is 10.3 Å². The van der Waals surface area contributed by atoms with Crippen molar-refractivity contribution in [1.29, 1.82) is 0 Å². The first-order chi connectivity index (χ1) is 9.26. The van der Waals surface area contributed by atoms with Gasteiger partial charge in [0.05, 0.1) is 6.61 Å². The van der Waals surface area contributed by atoms with Crippen molar-refractivity contribution in [3.05, 3.63) is 46.9 Å². The highest BCUT2D eigenvalue weighted by molar-refractivity contribution is 7.13. The molecule has 0 N–H and O–H groups in total. The number of carbonyl (C=O) groups excluding carboxylic acids is 1. The molecule has 0 aliphatic rings. The number of rotatable bonds is 4. The van der Waals surface area contributed by atoms with Crippen molar-refractivity contribution in [2.45, 2.75) is 6.92 Å². The molecule has 0 atom stereocenters. The molecule has 96 valence electrons. The summed E-state index contributed by atoms with van der Waals surface area (Å²) < 4.78 is 4.80. The fraction of sp³-hybridized carbons (Fsp3) is 0.154. The number of carbonyl (C=O) groups is 1. The average Bonchev–Trinajstić information content (AvgIpc) is 2.90. The van der Waals surface area contributed by atoms with Gasteiger partial charge in [0.25, 0.3) is 0 Å². The number of hydrogen-bond acceptors (Lipinski definition) is 4. The van der Waals surface area contributed by atoms with Crippen molar-refractivity contribution in [3.63, 3.8) is 0 Å². The van der Waals surface area contributed by atoms with Crippen LogP contribution in [0.2, 0.25) is 0 Å². The molecule has 0 saturated carbocycles. The zero-order chi connectivity index (χ0) is 13.7. The van der Waals surface area contributed by atoms with Crippen LogP contribution in [0.4, 0.5) is 0 Å². The molecule has 1 heterocycles. The van der Waals surface area contributed by atoms with Gasteiger partial charge in [-0.05, 0) is 6.92 Å². The number of aromatic nitrogens is 1. The highest BCUT2D eigenvalue weighted by Gasteiger charge is 2.27. The Morgan fingerprint density at radius 1 is 1.42 bits per heavy atom. The Bertz CT molecular complexity index is 630. The molecule has 2 rings (SSSR count). The fourth-order valence-electron chi connectivity index (χ4n) is 1.49. The number of hydrogen-bond donors (Lipinski definition) is 0. The number of nitrogens with zero attached hydrogens (tertiary/aromatic N) is 3. The van der Waals surface area contributed by atoms with Crippen LogP contribution in [-0.4, -0.2) is 28.1 Å². The van der Waals surface area contributed by atoms with E-state index in [1.807, 2.05) is 30.3 Å². The summed E-state index contributed by atoms with van der Waals surface area (Å²) in [6.45, 7) is 1.90. The van der Waals surface area contributed by atoms with Crippen LogP contribution in [0, 0.1) is 0 Å². The summed E-state index contributed by atoms with van der Waals surface area (Å²) in [6.07, 6.45) is 0. The van der Waals surface area contributed by atoms with E-state index in [-0.39, 0.29) is 12.3 Å². The summed E-state index contributed by atoms with van der Waals surface area (Å²) in [6, 6.07) is 9.56. The number of thiazole rings is 1. The predicted octanol–water partition coefficient (Wildman–Crippen LogP) is 2.39. The summed E-state index contributed by atoms with van der Waals surface area (Å²) in [7, 11) is 0. The fourth-order valence-corrected chi connectivity index (χ4v) is 2.30. The molecule has 5 nitrogen and oxygen atoms in total. The van der Waals surface area contributed by atoms with Gasteiger partial charge in [-0.25, -0.2) is 9.78 Å². The molecule has 0 aliphatic heterocycles. The maximum Gasteiger partial charge on any atom is 0.425 e. The Balaban J connectivity index is 2.31. The third-order valence-electron chi connectivity index (χ3n) is 2.34. The Morgan fingerprint density at radius 3 is 2.79 bits per heavy atom. The Kier molecular flexibility index (Phi) is 4.18. The zero-order valence-corrected chi connectivity index (χ0v) is 11.1. The standard InChI is InChI=1S/C13H11N3O2S/c1-2-18-13(17)11(16-14)10-8-19-12(15-10)9-6-4-3-5-7-9/h3-8H,2H2,1H3. The largest absolute Gasteiger partial charge is 0.457 e. The maximum absolute atomic E-state index is 11.6. The lowest BCUT2D eigenvalue weighted by Crippen LogP contribution is -2.20. The van der Waals surface area contributed by atoms with Crippen LogP contribution >= 0.6 is 11.3 Å². The van der Waals surface area contributed by atoms with Crippen LogP contribution in [0.3, 0.4) is 0 Å². The third-order valence-corrected chi connectivity index (χ3v) is 3.23. The molecule has 0 bridgehead atoms. The first-order valence-electron chi connectivity index (χ1n) is 5.66. The van der Waals surface area contributed by atoms with E-state index in [0.29, 0.717) is 5.69 Å². The van der Waals surface area contributed by atoms with E-state index in [2.05, 4.69) is 9.77 Å². The number of benzene rings is 1. The molecule has 6 heteroatoms. The second kappa shape index (κ2) is 6.04. The van der Waals surface area contributed by atoms with Gasteiger partial charge in [0.15, 0.2) is 5.69 Å². The normalized spacial score (nSPS) is 9.74. The van der Waals surface area contributed by atoms with Crippen LogP contribution < -0.4 is 0 Å². The molecule has 0 radical (unpaired) electrons.